The van der Waals surface area contributed by atoms with Crippen molar-refractivity contribution in [2.75, 3.05) is 13.1 Å². The first kappa shape index (κ1) is 13.3. The number of nitrogens with one attached hydrogen (secondary N) is 1. The van der Waals surface area contributed by atoms with Gasteiger partial charge in [0, 0.05) is 19.0 Å². The number of rotatable bonds is 4. The number of nitrogens with zero attached hydrogens (tertiary/aromatic N) is 1. The van der Waals surface area contributed by atoms with Crippen molar-refractivity contribution in [3.8, 4) is 0 Å². The molecule has 1 saturated carbocycles. The number of aliphatic imine (C=N–C) groups is 1. The minimum absolute atomic E-state index is 0.167. The van der Waals surface area contributed by atoms with Gasteiger partial charge in [-0.3, -0.25) is 4.99 Å². The molecule has 1 aliphatic rings. The Morgan fingerprint density at radius 3 is 2.75 bits per heavy atom. The first-order chi connectivity index (χ1) is 7.59. The van der Waals surface area contributed by atoms with Crippen LogP contribution in [-0.2, 0) is 0 Å². The molecule has 94 valence electrons. The van der Waals surface area contributed by atoms with Crippen LogP contribution in [0.3, 0.4) is 0 Å². The highest BCUT2D eigenvalue weighted by Gasteiger charge is 2.22. The van der Waals surface area contributed by atoms with E-state index < -0.39 is 0 Å². The van der Waals surface area contributed by atoms with Gasteiger partial charge in [-0.2, -0.15) is 0 Å². The van der Waals surface area contributed by atoms with E-state index in [2.05, 4.69) is 24.2 Å². The van der Waals surface area contributed by atoms with E-state index in [1.165, 1.54) is 6.42 Å². The molecule has 2 atom stereocenters. The zero-order valence-electron chi connectivity index (χ0n) is 10.4. The molecule has 0 aromatic rings. The maximum Gasteiger partial charge on any atom is 0.188 e. The van der Waals surface area contributed by atoms with Gasteiger partial charge in [-0.25, -0.2) is 0 Å². The van der Waals surface area contributed by atoms with Crippen LogP contribution in [-0.4, -0.2) is 30.3 Å². The fraction of sp³-hybridized carbons (Fsp3) is 0.917. The monoisotopic (exact) mass is 227 g/mol. The van der Waals surface area contributed by atoms with Crippen LogP contribution in [0, 0.1) is 11.8 Å². The summed E-state index contributed by atoms with van der Waals surface area (Å²) in [6.07, 6.45) is 4.21. The quantitative estimate of drug-likeness (QED) is 0.497. The predicted octanol–water partition coefficient (Wildman–Crippen LogP) is 1.10. The van der Waals surface area contributed by atoms with Gasteiger partial charge in [-0.05, 0) is 18.8 Å². The third-order valence-electron chi connectivity index (χ3n) is 3.04. The number of aliphatic hydroxyl groups excluding tert-OH is 1. The van der Waals surface area contributed by atoms with Gasteiger partial charge in [0.1, 0.15) is 0 Å². The third kappa shape index (κ3) is 4.84. The van der Waals surface area contributed by atoms with E-state index in [-0.39, 0.29) is 6.10 Å². The fourth-order valence-corrected chi connectivity index (χ4v) is 2.00. The maximum absolute atomic E-state index is 9.78. The predicted molar refractivity (Wildman–Crippen MR) is 67.3 cm³/mol. The average molecular weight is 227 g/mol. The molecule has 1 fully saturated rings. The van der Waals surface area contributed by atoms with Gasteiger partial charge in [0.05, 0.1) is 6.10 Å². The number of nitrogens with two attached hydrogens (primary N) is 1. The summed E-state index contributed by atoms with van der Waals surface area (Å²) in [6.45, 7) is 5.73. The zero-order chi connectivity index (χ0) is 12.0. The van der Waals surface area contributed by atoms with Gasteiger partial charge in [-0.15, -0.1) is 0 Å². The van der Waals surface area contributed by atoms with Crippen LogP contribution in [0.15, 0.2) is 4.99 Å². The number of hydrogen-bond acceptors (Lipinski definition) is 2. The Kier molecular flexibility index (Phi) is 5.60. The lowest BCUT2D eigenvalue weighted by atomic mass is 9.86. The molecular formula is C12H25N3O. The molecule has 2 unspecified atom stereocenters. The van der Waals surface area contributed by atoms with Crippen molar-refractivity contribution in [3.63, 3.8) is 0 Å². The standard InChI is InChI=1S/C12H25N3O/c1-9(2)7-14-12(13)15-8-10-5-3-4-6-11(10)16/h9-11,16H,3-8H2,1-2H3,(H3,13,14,15). The second-order valence-electron chi connectivity index (χ2n) is 5.11. The molecule has 0 aromatic carbocycles. The van der Waals surface area contributed by atoms with Crippen LogP contribution in [0.2, 0.25) is 0 Å². The maximum atomic E-state index is 9.78. The lowest BCUT2D eigenvalue weighted by Gasteiger charge is -2.27. The van der Waals surface area contributed by atoms with E-state index in [0.29, 0.717) is 17.8 Å². The summed E-state index contributed by atoms with van der Waals surface area (Å²) >= 11 is 0. The molecule has 0 aromatic heterocycles. The van der Waals surface area contributed by atoms with Crippen LogP contribution < -0.4 is 11.1 Å². The van der Waals surface area contributed by atoms with Crippen molar-refractivity contribution < 1.29 is 5.11 Å². The number of aliphatic hydroxyl groups is 1. The Bertz CT molecular complexity index is 228. The van der Waals surface area contributed by atoms with Crippen molar-refractivity contribution in [2.45, 2.75) is 45.6 Å². The van der Waals surface area contributed by atoms with Crippen molar-refractivity contribution in [2.24, 2.45) is 22.6 Å². The summed E-state index contributed by atoms with van der Waals surface area (Å²) in [6, 6.07) is 0. The Labute approximate surface area is 98.3 Å². The van der Waals surface area contributed by atoms with Crippen molar-refractivity contribution in [1.82, 2.24) is 5.32 Å². The minimum atomic E-state index is -0.167. The Morgan fingerprint density at radius 2 is 2.12 bits per heavy atom. The highest BCUT2D eigenvalue weighted by atomic mass is 16.3. The lowest BCUT2D eigenvalue weighted by Crippen LogP contribution is -2.40. The molecule has 0 saturated heterocycles. The van der Waals surface area contributed by atoms with Crippen molar-refractivity contribution >= 4 is 5.96 Å². The van der Waals surface area contributed by atoms with E-state index in [1.54, 1.807) is 0 Å². The van der Waals surface area contributed by atoms with Crippen LogP contribution in [0.1, 0.15) is 39.5 Å². The first-order valence-corrected chi connectivity index (χ1v) is 6.31. The van der Waals surface area contributed by atoms with Crippen LogP contribution in [0.5, 0.6) is 0 Å². The Balaban J connectivity index is 2.24. The summed E-state index contributed by atoms with van der Waals surface area (Å²) in [7, 11) is 0. The highest BCUT2D eigenvalue weighted by Crippen LogP contribution is 2.23. The van der Waals surface area contributed by atoms with Gasteiger partial charge < -0.3 is 16.2 Å². The van der Waals surface area contributed by atoms with E-state index in [0.717, 1.165) is 32.4 Å². The summed E-state index contributed by atoms with van der Waals surface area (Å²) in [4.78, 5) is 4.23. The van der Waals surface area contributed by atoms with Crippen LogP contribution in [0.25, 0.3) is 0 Å². The van der Waals surface area contributed by atoms with E-state index >= 15 is 0 Å². The summed E-state index contributed by atoms with van der Waals surface area (Å²) in [5.74, 6) is 1.37. The zero-order valence-corrected chi connectivity index (χ0v) is 10.4. The molecule has 4 nitrogen and oxygen atoms in total. The van der Waals surface area contributed by atoms with Gasteiger partial charge in [-0.1, -0.05) is 26.7 Å². The SMILES string of the molecule is CC(C)CN=C(N)NCC1CCCCC1O. The normalized spacial score (nSPS) is 27.1. The van der Waals surface area contributed by atoms with Crippen LogP contribution in [0.4, 0.5) is 0 Å². The minimum Gasteiger partial charge on any atom is -0.393 e. The van der Waals surface area contributed by atoms with Crippen LogP contribution >= 0.6 is 0 Å². The first-order valence-electron chi connectivity index (χ1n) is 6.31. The number of hydrogen-bond donors (Lipinski definition) is 3. The third-order valence-corrected chi connectivity index (χ3v) is 3.04. The van der Waals surface area contributed by atoms with Gasteiger partial charge >= 0.3 is 0 Å². The molecule has 0 amide bonds. The molecule has 0 spiro atoms. The molecule has 1 aliphatic carbocycles. The lowest BCUT2D eigenvalue weighted by molar-refractivity contribution is 0.0720. The molecule has 1 rings (SSSR count). The molecule has 4 N–H and O–H groups in total. The molecular weight excluding hydrogens is 202 g/mol. The van der Waals surface area contributed by atoms with Gasteiger partial charge in [0.25, 0.3) is 0 Å². The fourth-order valence-electron chi connectivity index (χ4n) is 2.00. The second kappa shape index (κ2) is 6.74. The van der Waals surface area contributed by atoms with Gasteiger partial charge in [0.2, 0.25) is 0 Å². The molecule has 4 heteroatoms. The average Bonchev–Trinajstić information content (AvgIpc) is 2.25. The smallest absolute Gasteiger partial charge is 0.188 e. The van der Waals surface area contributed by atoms with E-state index in [1.807, 2.05) is 0 Å². The highest BCUT2D eigenvalue weighted by molar-refractivity contribution is 5.77. The largest absolute Gasteiger partial charge is 0.393 e. The van der Waals surface area contributed by atoms with Crippen molar-refractivity contribution in [3.05, 3.63) is 0 Å². The molecule has 0 heterocycles. The topological polar surface area (TPSA) is 70.6 Å². The van der Waals surface area contributed by atoms with Gasteiger partial charge in [0.15, 0.2) is 5.96 Å². The summed E-state index contributed by atoms with van der Waals surface area (Å²) in [5.41, 5.74) is 5.74. The number of guanidine groups is 1. The van der Waals surface area contributed by atoms with Crippen molar-refractivity contribution in [1.29, 1.82) is 0 Å². The summed E-state index contributed by atoms with van der Waals surface area (Å²) in [5, 5.41) is 12.9. The Morgan fingerprint density at radius 1 is 1.44 bits per heavy atom. The molecule has 0 aliphatic heterocycles. The molecule has 0 bridgehead atoms. The van der Waals surface area contributed by atoms with E-state index in [9.17, 15) is 5.11 Å². The molecule has 16 heavy (non-hydrogen) atoms. The molecule has 0 radical (unpaired) electrons. The second-order valence-corrected chi connectivity index (χ2v) is 5.11. The summed E-state index contributed by atoms with van der Waals surface area (Å²) < 4.78 is 0. The van der Waals surface area contributed by atoms with E-state index in [4.69, 9.17) is 5.73 Å². The Hall–Kier alpha value is -0.770.